The lowest BCUT2D eigenvalue weighted by molar-refractivity contribution is -0.142. The van der Waals surface area contributed by atoms with Gasteiger partial charge in [-0.2, -0.15) is 0 Å². The van der Waals surface area contributed by atoms with Crippen molar-refractivity contribution in [2.75, 3.05) is 19.9 Å². The third-order valence-corrected chi connectivity index (χ3v) is 7.97. The van der Waals surface area contributed by atoms with Crippen molar-refractivity contribution in [2.45, 2.75) is 38.1 Å². The van der Waals surface area contributed by atoms with Gasteiger partial charge in [-0.1, -0.05) is 35.5 Å². The third kappa shape index (κ3) is 5.25. The number of carbonyl (C=O) groups is 2. The summed E-state index contributed by atoms with van der Waals surface area (Å²) in [5.41, 5.74) is 3.76. The second-order valence-corrected chi connectivity index (χ2v) is 10.7. The number of carbonyl (C=O) groups excluding carboxylic acids is 2. The first kappa shape index (κ1) is 26.9. The molecule has 43 heavy (non-hydrogen) atoms. The second kappa shape index (κ2) is 11.4. The van der Waals surface area contributed by atoms with Gasteiger partial charge in [0.1, 0.15) is 17.9 Å². The van der Waals surface area contributed by atoms with Gasteiger partial charge in [-0.05, 0) is 54.8 Å². The number of aryl methyl sites for hydroxylation is 1. The fourth-order valence-electron chi connectivity index (χ4n) is 5.74. The summed E-state index contributed by atoms with van der Waals surface area (Å²) in [4.78, 5) is 34.9. The SMILES string of the molecule is Cn1c([C@@H](C(=O)NC[C@@H]2CCCO2)N(Cc2ccc3c(c2)OCO3)C(=O)Cn2nnc3ccccc32)nc2ccccc21. The normalized spacial score (nSPS) is 16.5. The first-order chi connectivity index (χ1) is 21.0. The van der Waals surface area contributed by atoms with Crippen LogP contribution in [-0.2, 0) is 34.5 Å². The molecule has 12 heteroatoms. The summed E-state index contributed by atoms with van der Waals surface area (Å²) in [6.45, 7) is 1.15. The monoisotopic (exact) mass is 581 g/mol. The number of hydrogen-bond donors (Lipinski definition) is 1. The maximum absolute atomic E-state index is 14.3. The summed E-state index contributed by atoms with van der Waals surface area (Å²) in [5.74, 6) is 1.01. The van der Waals surface area contributed by atoms with Crippen LogP contribution in [0.1, 0.15) is 30.3 Å². The molecule has 0 aliphatic carbocycles. The summed E-state index contributed by atoms with van der Waals surface area (Å²) < 4.78 is 20.3. The van der Waals surface area contributed by atoms with Gasteiger partial charge in [0.2, 0.25) is 12.7 Å². The van der Waals surface area contributed by atoms with Crippen LogP contribution in [0.25, 0.3) is 22.1 Å². The summed E-state index contributed by atoms with van der Waals surface area (Å²) >= 11 is 0. The molecule has 2 aromatic heterocycles. The Balaban J connectivity index is 1.29. The Bertz CT molecular complexity index is 1810. The van der Waals surface area contributed by atoms with Crippen LogP contribution in [0.4, 0.5) is 0 Å². The van der Waals surface area contributed by atoms with Gasteiger partial charge in [0, 0.05) is 26.7 Å². The largest absolute Gasteiger partial charge is 0.454 e. The van der Waals surface area contributed by atoms with Gasteiger partial charge in [0.15, 0.2) is 17.5 Å². The van der Waals surface area contributed by atoms with Gasteiger partial charge < -0.3 is 29.0 Å². The molecule has 3 aromatic carbocycles. The van der Waals surface area contributed by atoms with Crippen molar-refractivity contribution in [3.05, 3.63) is 78.1 Å². The summed E-state index contributed by atoms with van der Waals surface area (Å²) in [6.07, 6.45) is 1.76. The number of fused-ring (bicyclic) bond motifs is 3. The first-order valence-electron chi connectivity index (χ1n) is 14.3. The van der Waals surface area contributed by atoms with Crippen LogP contribution in [0.3, 0.4) is 0 Å². The quantitative estimate of drug-likeness (QED) is 0.282. The maximum Gasteiger partial charge on any atom is 0.250 e. The Morgan fingerprint density at radius 2 is 1.81 bits per heavy atom. The zero-order chi connectivity index (χ0) is 29.3. The molecule has 2 aliphatic heterocycles. The Labute approximate surface area is 247 Å². The predicted octanol–water partition coefficient (Wildman–Crippen LogP) is 3.11. The lowest BCUT2D eigenvalue weighted by Crippen LogP contribution is -2.47. The van der Waals surface area contributed by atoms with Gasteiger partial charge >= 0.3 is 0 Å². The highest BCUT2D eigenvalue weighted by atomic mass is 16.7. The topological polar surface area (TPSA) is 126 Å². The van der Waals surface area contributed by atoms with Crippen molar-refractivity contribution < 1.29 is 23.8 Å². The molecule has 7 rings (SSSR count). The van der Waals surface area contributed by atoms with E-state index in [1.165, 1.54) is 0 Å². The molecule has 220 valence electrons. The number of benzene rings is 3. The van der Waals surface area contributed by atoms with E-state index in [0.29, 0.717) is 36.0 Å². The van der Waals surface area contributed by atoms with Crippen LogP contribution >= 0.6 is 0 Å². The van der Waals surface area contributed by atoms with Gasteiger partial charge in [-0.15, -0.1) is 5.10 Å². The number of nitrogens with one attached hydrogen (secondary N) is 1. The molecule has 0 radical (unpaired) electrons. The van der Waals surface area contributed by atoms with Crippen LogP contribution in [0.2, 0.25) is 0 Å². The number of amides is 2. The van der Waals surface area contributed by atoms with E-state index in [4.69, 9.17) is 19.2 Å². The van der Waals surface area contributed by atoms with E-state index in [2.05, 4.69) is 15.6 Å². The Kier molecular flexibility index (Phi) is 7.11. The van der Waals surface area contributed by atoms with E-state index in [9.17, 15) is 9.59 Å². The Morgan fingerprint density at radius 1 is 1.02 bits per heavy atom. The molecular formula is C31H31N7O5. The molecule has 1 fully saturated rings. The van der Waals surface area contributed by atoms with Crippen molar-refractivity contribution in [3.63, 3.8) is 0 Å². The number of nitrogens with zero attached hydrogens (tertiary/aromatic N) is 6. The van der Waals surface area contributed by atoms with Gasteiger partial charge in [-0.25, -0.2) is 9.67 Å². The minimum atomic E-state index is -1.05. The van der Waals surface area contributed by atoms with Crippen molar-refractivity contribution in [1.82, 2.24) is 34.8 Å². The molecule has 5 aromatic rings. The van der Waals surface area contributed by atoms with Crippen LogP contribution < -0.4 is 14.8 Å². The van der Waals surface area contributed by atoms with E-state index < -0.39 is 6.04 Å². The molecule has 0 unspecified atom stereocenters. The Hall–Kier alpha value is -4.97. The van der Waals surface area contributed by atoms with E-state index in [1.54, 1.807) is 9.58 Å². The molecule has 2 amide bonds. The fraction of sp³-hybridized carbons (Fsp3) is 0.323. The molecule has 0 saturated carbocycles. The lowest BCUT2D eigenvalue weighted by Gasteiger charge is -2.31. The van der Waals surface area contributed by atoms with Gasteiger partial charge in [0.05, 0.1) is 22.7 Å². The minimum absolute atomic E-state index is 0.0652. The highest BCUT2D eigenvalue weighted by molar-refractivity contribution is 5.90. The highest BCUT2D eigenvalue weighted by Gasteiger charge is 2.36. The molecule has 0 spiro atoms. The van der Waals surface area contributed by atoms with E-state index >= 15 is 0 Å². The number of aromatic nitrogens is 5. The van der Waals surface area contributed by atoms with E-state index in [-0.39, 0.29) is 37.8 Å². The average Bonchev–Trinajstić information content (AvgIpc) is 3.84. The number of rotatable bonds is 9. The number of imidazole rings is 1. The third-order valence-electron chi connectivity index (χ3n) is 7.97. The van der Waals surface area contributed by atoms with Crippen molar-refractivity contribution in [1.29, 1.82) is 0 Å². The number of ether oxygens (including phenoxy) is 3. The predicted molar refractivity (Wildman–Crippen MR) is 156 cm³/mol. The number of hydrogen-bond acceptors (Lipinski definition) is 8. The van der Waals surface area contributed by atoms with Crippen LogP contribution in [0, 0.1) is 0 Å². The molecular weight excluding hydrogens is 550 g/mol. The summed E-state index contributed by atoms with van der Waals surface area (Å²) in [6, 6.07) is 19.6. The van der Waals surface area contributed by atoms with Crippen molar-refractivity contribution in [3.8, 4) is 11.5 Å². The van der Waals surface area contributed by atoms with Crippen LogP contribution in [0.15, 0.2) is 66.7 Å². The van der Waals surface area contributed by atoms with E-state index in [0.717, 1.165) is 35.0 Å². The smallest absolute Gasteiger partial charge is 0.250 e. The van der Waals surface area contributed by atoms with Gasteiger partial charge in [0.25, 0.3) is 5.91 Å². The van der Waals surface area contributed by atoms with Crippen LogP contribution in [-0.4, -0.2) is 67.3 Å². The average molecular weight is 582 g/mol. The second-order valence-electron chi connectivity index (χ2n) is 10.7. The molecule has 2 atom stereocenters. The molecule has 12 nitrogen and oxygen atoms in total. The molecule has 4 heterocycles. The van der Waals surface area contributed by atoms with Gasteiger partial charge in [-0.3, -0.25) is 9.59 Å². The standard InChI is InChI=1S/C31H31N7O5/c1-36-24-10-4-2-8-22(24)33-30(36)29(31(40)32-16-21-7-6-14-41-21)37(17-20-12-13-26-27(15-20)43-19-42-26)28(39)18-38-25-11-5-3-9-23(25)34-35-38/h2-5,8-13,15,21,29H,6-7,14,16-19H2,1H3,(H,32,40)/t21-,29-/m0/s1. The summed E-state index contributed by atoms with van der Waals surface area (Å²) in [5, 5.41) is 11.5. The molecule has 0 bridgehead atoms. The van der Waals surface area contributed by atoms with Crippen LogP contribution in [0.5, 0.6) is 11.5 Å². The Morgan fingerprint density at radius 3 is 2.63 bits per heavy atom. The lowest BCUT2D eigenvalue weighted by atomic mass is 10.1. The maximum atomic E-state index is 14.3. The zero-order valence-electron chi connectivity index (χ0n) is 23.7. The molecule has 2 aliphatic rings. The molecule has 1 N–H and O–H groups in total. The fourth-order valence-corrected chi connectivity index (χ4v) is 5.74. The van der Waals surface area contributed by atoms with Crippen molar-refractivity contribution >= 4 is 33.9 Å². The summed E-state index contributed by atoms with van der Waals surface area (Å²) in [7, 11) is 1.86. The number of para-hydroxylation sites is 3. The van der Waals surface area contributed by atoms with Crippen molar-refractivity contribution in [2.24, 2.45) is 7.05 Å². The first-order valence-corrected chi connectivity index (χ1v) is 14.3. The highest BCUT2D eigenvalue weighted by Crippen LogP contribution is 2.34. The van der Waals surface area contributed by atoms with E-state index in [1.807, 2.05) is 78.3 Å². The zero-order valence-corrected chi connectivity index (χ0v) is 23.7. The minimum Gasteiger partial charge on any atom is -0.454 e. The molecule has 1 saturated heterocycles.